The molecule has 0 aliphatic carbocycles. The summed E-state index contributed by atoms with van der Waals surface area (Å²) in [6, 6.07) is 7.12. The third-order valence-electron chi connectivity index (χ3n) is 3.11. The zero-order valence-electron chi connectivity index (χ0n) is 13.1. The van der Waals surface area contributed by atoms with Crippen molar-refractivity contribution in [3.63, 3.8) is 0 Å². The first-order chi connectivity index (χ1) is 10.8. The molecule has 1 atom stereocenters. The highest BCUT2D eigenvalue weighted by Gasteiger charge is 2.27. The lowest BCUT2D eigenvalue weighted by Gasteiger charge is -2.32. The lowest BCUT2D eigenvalue weighted by molar-refractivity contribution is 0.0908. The van der Waals surface area contributed by atoms with Crippen molar-refractivity contribution in [1.29, 1.82) is 0 Å². The van der Waals surface area contributed by atoms with Gasteiger partial charge in [0.25, 0.3) is 5.91 Å². The van der Waals surface area contributed by atoms with Gasteiger partial charge in [-0.1, -0.05) is 26.8 Å². The van der Waals surface area contributed by atoms with Crippen LogP contribution in [0.4, 0.5) is 14.5 Å². The van der Waals surface area contributed by atoms with Gasteiger partial charge in [0, 0.05) is 29.4 Å². The molecule has 23 heavy (non-hydrogen) atoms. The number of amides is 1. The molecule has 0 saturated heterocycles. The number of hydrogen-bond donors (Lipinski definition) is 2. The summed E-state index contributed by atoms with van der Waals surface area (Å²) in [6.45, 7) is 5.66. The first kappa shape index (κ1) is 16.8. The molecule has 122 valence electrons. The third-order valence-corrected chi connectivity index (χ3v) is 3.11. The van der Waals surface area contributed by atoms with Crippen LogP contribution < -0.4 is 10.6 Å². The van der Waals surface area contributed by atoms with Crippen LogP contribution in [0.2, 0.25) is 0 Å². The molecule has 2 N–H and O–H groups in total. The highest BCUT2D eigenvalue weighted by atomic mass is 19.1. The highest BCUT2D eigenvalue weighted by Crippen LogP contribution is 2.22. The van der Waals surface area contributed by atoms with Crippen LogP contribution in [-0.2, 0) is 0 Å². The Morgan fingerprint density at radius 1 is 1.17 bits per heavy atom. The van der Waals surface area contributed by atoms with E-state index < -0.39 is 23.5 Å². The fourth-order valence-corrected chi connectivity index (χ4v) is 1.89. The van der Waals surface area contributed by atoms with E-state index in [-0.39, 0.29) is 17.3 Å². The van der Waals surface area contributed by atoms with Gasteiger partial charge in [0.1, 0.15) is 11.9 Å². The van der Waals surface area contributed by atoms with E-state index in [9.17, 15) is 13.6 Å². The molecule has 2 aromatic heterocycles. The van der Waals surface area contributed by atoms with Crippen molar-refractivity contribution in [1.82, 2.24) is 15.3 Å². The average molecular weight is 320 g/mol. The van der Waals surface area contributed by atoms with E-state index in [0.717, 1.165) is 12.1 Å². The van der Waals surface area contributed by atoms with Gasteiger partial charge in [0.15, 0.2) is 0 Å². The Morgan fingerprint density at radius 3 is 2.35 bits per heavy atom. The Bertz CT molecular complexity index is 666. The number of pyridine rings is 2. The van der Waals surface area contributed by atoms with E-state index in [1.54, 1.807) is 18.2 Å². The predicted molar refractivity (Wildman–Crippen MR) is 82.7 cm³/mol. The molecular formula is C16H18F2N4O. The Hall–Kier alpha value is -2.57. The van der Waals surface area contributed by atoms with Crippen LogP contribution in [0.1, 0.15) is 31.3 Å². The standard InChI is InChI=1S/C16H18F2N4O/c1-16(2,3)15(20-10-8-12(17)21-13(18)9-10)22-14(23)11-6-4-5-7-19-11/h4-9,15H,1-3H3,(H,20,21)(H,22,23). The number of rotatable bonds is 4. The monoisotopic (exact) mass is 320 g/mol. The zero-order valence-corrected chi connectivity index (χ0v) is 13.1. The fraction of sp³-hybridized carbons (Fsp3) is 0.312. The van der Waals surface area contributed by atoms with E-state index in [4.69, 9.17) is 0 Å². The summed E-state index contributed by atoms with van der Waals surface area (Å²) in [5, 5.41) is 5.70. The van der Waals surface area contributed by atoms with Gasteiger partial charge in [-0.2, -0.15) is 13.8 Å². The van der Waals surface area contributed by atoms with Crippen molar-refractivity contribution in [3.05, 3.63) is 54.1 Å². The van der Waals surface area contributed by atoms with Gasteiger partial charge in [-0.3, -0.25) is 9.78 Å². The first-order valence-electron chi connectivity index (χ1n) is 7.07. The van der Waals surface area contributed by atoms with Crippen molar-refractivity contribution in [2.24, 2.45) is 5.41 Å². The van der Waals surface area contributed by atoms with Gasteiger partial charge in [-0.15, -0.1) is 0 Å². The number of aromatic nitrogens is 2. The Balaban J connectivity index is 2.19. The van der Waals surface area contributed by atoms with Crippen LogP contribution in [0, 0.1) is 17.3 Å². The van der Waals surface area contributed by atoms with Crippen LogP contribution in [-0.4, -0.2) is 22.0 Å². The number of nitrogens with zero attached hydrogens (tertiary/aromatic N) is 2. The number of anilines is 1. The topological polar surface area (TPSA) is 66.9 Å². The lowest BCUT2D eigenvalue weighted by atomic mass is 9.92. The molecule has 0 spiro atoms. The van der Waals surface area contributed by atoms with Crippen LogP contribution in [0.5, 0.6) is 0 Å². The summed E-state index contributed by atoms with van der Waals surface area (Å²) >= 11 is 0. The summed E-state index contributed by atoms with van der Waals surface area (Å²) in [6.07, 6.45) is 0.945. The molecule has 0 saturated carbocycles. The van der Waals surface area contributed by atoms with Gasteiger partial charge in [0.05, 0.1) is 0 Å². The minimum Gasteiger partial charge on any atom is -0.365 e. The number of hydrogen-bond acceptors (Lipinski definition) is 4. The number of carbonyl (C=O) groups excluding carboxylic acids is 1. The maximum atomic E-state index is 13.2. The molecule has 5 nitrogen and oxygen atoms in total. The summed E-state index contributed by atoms with van der Waals surface area (Å²) in [7, 11) is 0. The number of nitrogens with one attached hydrogen (secondary N) is 2. The smallest absolute Gasteiger partial charge is 0.271 e. The summed E-state index contributed by atoms with van der Waals surface area (Å²) in [5.41, 5.74) is 0.0348. The van der Waals surface area contributed by atoms with E-state index in [1.165, 1.54) is 6.20 Å². The highest BCUT2D eigenvalue weighted by molar-refractivity contribution is 5.92. The molecule has 0 aliphatic rings. The number of carbonyl (C=O) groups is 1. The molecule has 0 aromatic carbocycles. The second kappa shape index (κ2) is 6.68. The predicted octanol–water partition coefficient (Wildman–Crippen LogP) is 2.97. The molecule has 0 aliphatic heterocycles. The summed E-state index contributed by atoms with van der Waals surface area (Å²) < 4.78 is 26.4. The maximum absolute atomic E-state index is 13.2. The largest absolute Gasteiger partial charge is 0.365 e. The molecule has 1 unspecified atom stereocenters. The van der Waals surface area contributed by atoms with Crippen molar-refractivity contribution in [3.8, 4) is 0 Å². The van der Waals surface area contributed by atoms with Gasteiger partial charge in [-0.05, 0) is 12.1 Å². The van der Waals surface area contributed by atoms with E-state index >= 15 is 0 Å². The van der Waals surface area contributed by atoms with Crippen molar-refractivity contribution in [2.75, 3.05) is 5.32 Å². The zero-order chi connectivity index (χ0) is 17.0. The van der Waals surface area contributed by atoms with E-state index in [2.05, 4.69) is 20.6 Å². The second-order valence-electron chi connectivity index (χ2n) is 6.13. The SMILES string of the molecule is CC(C)(C)C(NC(=O)c1ccccn1)Nc1cc(F)nc(F)c1. The van der Waals surface area contributed by atoms with Gasteiger partial charge >= 0.3 is 0 Å². The molecular weight excluding hydrogens is 302 g/mol. The molecule has 0 bridgehead atoms. The van der Waals surface area contributed by atoms with Crippen molar-refractivity contribution >= 4 is 11.6 Å². The Kier molecular flexibility index (Phi) is 4.88. The van der Waals surface area contributed by atoms with Crippen LogP contribution in [0.25, 0.3) is 0 Å². The second-order valence-corrected chi connectivity index (χ2v) is 6.13. The minimum absolute atomic E-state index is 0.191. The van der Waals surface area contributed by atoms with E-state index in [0.29, 0.717) is 0 Å². The Labute approximate surface area is 133 Å². The molecule has 2 rings (SSSR count). The summed E-state index contributed by atoms with van der Waals surface area (Å²) in [4.78, 5) is 19.3. The van der Waals surface area contributed by atoms with Gasteiger partial charge in [0.2, 0.25) is 11.9 Å². The molecule has 0 radical (unpaired) electrons. The van der Waals surface area contributed by atoms with Gasteiger partial charge < -0.3 is 10.6 Å². The quantitative estimate of drug-likeness (QED) is 0.671. The van der Waals surface area contributed by atoms with Crippen molar-refractivity contribution in [2.45, 2.75) is 26.9 Å². The molecule has 1 amide bonds. The van der Waals surface area contributed by atoms with Crippen LogP contribution in [0.15, 0.2) is 36.5 Å². The van der Waals surface area contributed by atoms with Crippen LogP contribution in [0.3, 0.4) is 0 Å². The van der Waals surface area contributed by atoms with Crippen LogP contribution >= 0.6 is 0 Å². The first-order valence-corrected chi connectivity index (χ1v) is 7.07. The van der Waals surface area contributed by atoms with Gasteiger partial charge in [-0.25, -0.2) is 0 Å². The summed E-state index contributed by atoms with van der Waals surface area (Å²) in [5.74, 6) is -2.25. The third kappa shape index (κ3) is 4.70. The molecule has 2 aromatic rings. The minimum atomic E-state index is -0.934. The number of halogens is 2. The molecule has 7 heteroatoms. The van der Waals surface area contributed by atoms with Crippen molar-refractivity contribution < 1.29 is 13.6 Å². The lowest BCUT2D eigenvalue weighted by Crippen LogP contribution is -2.49. The molecule has 0 fully saturated rings. The maximum Gasteiger partial charge on any atom is 0.271 e. The molecule has 2 heterocycles. The fourth-order valence-electron chi connectivity index (χ4n) is 1.89. The normalized spacial score (nSPS) is 12.6. The van der Waals surface area contributed by atoms with E-state index in [1.807, 2.05) is 20.8 Å². The Morgan fingerprint density at radius 2 is 1.83 bits per heavy atom. The average Bonchev–Trinajstić information content (AvgIpc) is 2.45.